The third kappa shape index (κ3) is 7.83. The Bertz CT molecular complexity index is 743. The van der Waals surface area contributed by atoms with Crippen molar-refractivity contribution in [2.45, 2.75) is 26.5 Å². The molecule has 0 fully saturated rings. The number of halogens is 3. The molecule has 2 rings (SSSR count). The molecule has 1 aromatic carbocycles. The highest BCUT2D eigenvalue weighted by Gasteiger charge is 2.11. The first kappa shape index (κ1) is 23.3. The van der Waals surface area contributed by atoms with Crippen molar-refractivity contribution in [3.05, 3.63) is 39.8 Å². The second kappa shape index (κ2) is 11.9. The molecule has 0 aliphatic heterocycles. The number of methoxy groups -OCH3 is 1. The van der Waals surface area contributed by atoms with Gasteiger partial charge in [-0.3, -0.25) is 4.99 Å². The van der Waals surface area contributed by atoms with Crippen LogP contribution >= 0.6 is 35.3 Å². The number of aliphatic imine (C=N–C) groups is 1. The summed E-state index contributed by atoms with van der Waals surface area (Å²) >= 11 is 1.67. The summed E-state index contributed by atoms with van der Waals surface area (Å²) in [7, 11) is 3.07. The van der Waals surface area contributed by atoms with Crippen molar-refractivity contribution >= 4 is 41.3 Å². The first-order chi connectivity index (χ1) is 12.5. The molecule has 0 aliphatic rings. The van der Waals surface area contributed by atoms with E-state index >= 15 is 0 Å². The first-order valence-electron chi connectivity index (χ1n) is 7.99. The van der Waals surface area contributed by atoms with Crippen molar-refractivity contribution in [1.82, 2.24) is 15.6 Å². The molecule has 0 aliphatic carbocycles. The lowest BCUT2D eigenvalue weighted by Crippen LogP contribution is -2.37. The summed E-state index contributed by atoms with van der Waals surface area (Å²) < 4.78 is 34.5. The van der Waals surface area contributed by atoms with Crippen LogP contribution in [-0.2, 0) is 13.0 Å². The fourth-order valence-corrected chi connectivity index (χ4v) is 3.02. The number of rotatable bonds is 8. The SMILES string of the molecule is CN=C(NCCc1ncc(C)s1)NCc1ccc(OC)c(OC(F)F)c1.I. The van der Waals surface area contributed by atoms with Crippen LogP contribution in [0.4, 0.5) is 8.78 Å². The van der Waals surface area contributed by atoms with Gasteiger partial charge < -0.3 is 20.1 Å². The van der Waals surface area contributed by atoms with E-state index in [2.05, 4.69) is 25.3 Å². The maximum absolute atomic E-state index is 12.5. The number of aromatic nitrogens is 1. The summed E-state index contributed by atoms with van der Waals surface area (Å²) in [5, 5.41) is 7.39. The van der Waals surface area contributed by atoms with Gasteiger partial charge in [0.15, 0.2) is 17.5 Å². The zero-order valence-electron chi connectivity index (χ0n) is 15.3. The minimum atomic E-state index is -2.91. The van der Waals surface area contributed by atoms with E-state index in [-0.39, 0.29) is 35.5 Å². The first-order valence-corrected chi connectivity index (χ1v) is 8.81. The topological polar surface area (TPSA) is 67.8 Å². The molecule has 0 unspecified atom stereocenters. The second-order valence-electron chi connectivity index (χ2n) is 5.33. The molecule has 6 nitrogen and oxygen atoms in total. The Morgan fingerprint density at radius 1 is 1.30 bits per heavy atom. The number of hydrogen-bond acceptors (Lipinski definition) is 5. The van der Waals surface area contributed by atoms with Crippen LogP contribution in [0.15, 0.2) is 29.4 Å². The van der Waals surface area contributed by atoms with E-state index in [9.17, 15) is 8.78 Å². The lowest BCUT2D eigenvalue weighted by Gasteiger charge is -2.14. The molecule has 0 saturated heterocycles. The minimum absolute atomic E-state index is 0. The molecule has 0 saturated carbocycles. The summed E-state index contributed by atoms with van der Waals surface area (Å²) in [5.74, 6) is 0.879. The Labute approximate surface area is 178 Å². The molecule has 0 amide bonds. The number of benzene rings is 1. The summed E-state index contributed by atoms with van der Waals surface area (Å²) in [6, 6.07) is 4.88. The zero-order chi connectivity index (χ0) is 18.9. The van der Waals surface area contributed by atoms with Crippen LogP contribution in [0, 0.1) is 6.92 Å². The van der Waals surface area contributed by atoms with Crippen LogP contribution in [0.1, 0.15) is 15.4 Å². The Hall–Kier alpha value is -1.69. The van der Waals surface area contributed by atoms with Gasteiger partial charge in [-0.15, -0.1) is 35.3 Å². The van der Waals surface area contributed by atoms with Gasteiger partial charge in [-0.2, -0.15) is 8.78 Å². The van der Waals surface area contributed by atoms with Crippen LogP contribution in [0.2, 0.25) is 0 Å². The molecule has 0 bridgehead atoms. The van der Waals surface area contributed by atoms with E-state index in [1.807, 2.05) is 13.1 Å². The molecule has 0 radical (unpaired) electrons. The fraction of sp³-hybridized carbons (Fsp3) is 0.412. The highest BCUT2D eigenvalue weighted by Crippen LogP contribution is 2.29. The van der Waals surface area contributed by atoms with E-state index in [4.69, 9.17) is 4.74 Å². The van der Waals surface area contributed by atoms with Gasteiger partial charge in [-0.05, 0) is 24.6 Å². The van der Waals surface area contributed by atoms with E-state index in [1.54, 1.807) is 30.5 Å². The second-order valence-corrected chi connectivity index (χ2v) is 6.65. The molecule has 0 spiro atoms. The lowest BCUT2D eigenvalue weighted by atomic mass is 10.2. The number of alkyl halides is 2. The van der Waals surface area contributed by atoms with Crippen molar-refractivity contribution in [1.29, 1.82) is 0 Å². The third-order valence-electron chi connectivity index (χ3n) is 3.43. The summed E-state index contributed by atoms with van der Waals surface area (Å²) in [6.07, 6.45) is 2.66. The zero-order valence-corrected chi connectivity index (χ0v) is 18.4. The number of hydrogen-bond donors (Lipinski definition) is 2. The Morgan fingerprint density at radius 3 is 2.67 bits per heavy atom. The van der Waals surface area contributed by atoms with Crippen molar-refractivity contribution in [2.24, 2.45) is 4.99 Å². The normalized spacial score (nSPS) is 11.1. The van der Waals surface area contributed by atoms with Crippen molar-refractivity contribution in [3.8, 4) is 11.5 Å². The van der Waals surface area contributed by atoms with Crippen molar-refractivity contribution < 1.29 is 18.3 Å². The van der Waals surface area contributed by atoms with Crippen LogP contribution in [-0.4, -0.2) is 38.3 Å². The van der Waals surface area contributed by atoms with Gasteiger partial charge in [0, 0.05) is 37.6 Å². The Balaban J connectivity index is 0.00000364. The third-order valence-corrected chi connectivity index (χ3v) is 4.40. The van der Waals surface area contributed by atoms with E-state index in [0.29, 0.717) is 19.0 Å². The highest BCUT2D eigenvalue weighted by molar-refractivity contribution is 14.0. The summed E-state index contributed by atoms with van der Waals surface area (Å²) in [6.45, 7) is 0.209. The maximum Gasteiger partial charge on any atom is 0.387 e. The molecular weight excluding hydrogens is 489 g/mol. The van der Waals surface area contributed by atoms with E-state index < -0.39 is 6.61 Å². The van der Waals surface area contributed by atoms with Crippen molar-refractivity contribution in [3.63, 3.8) is 0 Å². The predicted octanol–water partition coefficient (Wildman–Crippen LogP) is 3.59. The van der Waals surface area contributed by atoms with Crippen LogP contribution in [0.5, 0.6) is 11.5 Å². The molecular formula is C17H23F2IN4O2S. The molecule has 1 aromatic heterocycles. The average Bonchev–Trinajstić information content (AvgIpc) is 3.03. The molecule has 1 heterocycles. The highest BCUT2D eigenvalue weighted by atomic mass is 127. The number of aryl methyl sites for hydroxylation is 1. The predicted molar refractivity (Wildman–Crippen MR) is 114 cm³/mol. The van der Waals surface area contributed by atoms with Gasteiger partial charge in [0.05, 0.1) is 12.1 Å². The molecule has 27 heavy (non-hydrogen) atoms. The Morgan fingerprint density at radius 2 is 2.07 bits per heavy atom. The maximum atomic E-state index is 12.5. The molecule has 2 aromatic rings. The minimum Gasteiger partial charge on any atom is -0.493 e. The number of guanidine groups is 1. The number of ether oxygens (including phenoxy) is 2. The van der Waals surface area contributed by atoms with Gasteiger partial charge in [-0.1, -0.05) is 6.07 Å². The number of nitrogens with one attached hydrogen (secondary N) is 2. The monoisotopic (exact) mass is 512 g/mol. The quantitative estimate of drug-likeness (QED) is 0.322. The molecule has 150 valence electrons. The van der Waals surface area contributed by atoms with E-state index in [0.717, 1.165) is 17.0 Å². The largest absolute Gasteiger partial charge is 0.493 e. The fourth-order valence-electron chi connectivity index (χ4n) is 2.23. The number of nitrogens with zero attached hydrogens (tertiary/aromatic N) is 2. The van der Waals surface area contributed by atoms with Crippen molar-refractivity contribution in [2.75, 3.05) is 20.7 Å². The van der Waals surface area contributed by atoms with Gasteiger partial charge >= 0.3 is 6.61 Å². The van der Waals surface area contributed by atoms with Gasteiger partial charge in [0.25, 0.3) is 0 Å². The van der Waals surface area contributed by atoms with Crippen LogP contribution < -0.4 is 20.1 Å². The summed E-state index contributed by atoms with van der Waals surface area (Å²) in [5.41, 5.74) is 0.764. The van der Waals surface area contributed by atoms with E-state index in [1.165, 1.54) is 18.1 Å². The molecule has 10 heteroatoms. The standard InChI is InChI=1S/C17H22F2N4O2S.HI/c1-11-9-22-15(26-11)6-7-21-17(20-2)23-10-12-4-5-13(24-3)14(8-12)25-16(18)19;/h4-5,8-9,16H,6-7,10H2,1-3H3,(H2,20,21,23);1H. The van der Waals surface area contributed by atoms with Gasteiger partial charge in [0.2, 0.25) is 0 Å². The Kier molecular flexibility index (Phi) is 10.3. The lowest BCUT2D eigenvalue weighted by molar-refractivity contribution is -0.0512. The summed E-state index contributed by atoms with van der Waals surface area (Å²) in [4.78, 5) is 9.64. The average molecular weight is 512 g/mol. The van der Waals surface area contributed by atoms with Gasteiger partial charge in [0.1, 0.15) is 0 Å². The van der Waals surface area contributed by atoms with Crippen LogP contribution in [0.3, 0.4) is 0 Å². The molecule has 2 N–H and O–H groups in total. The van der Waals surface area contributed by atoms with Crippen LogP contribution in [0.25, 0.3) is 0 Å². The van der Waals surface area contributed by atoms with Gasteiger partial charge in [-0.25, -0.2) is 4.98 Å². The smallest absolute Gasteiger partial charge is 0.387 e. The molecule has 0 atom stereocenters. The number of thiazole rings is 1.